The second-order valence-electron chi connectivity index (χ2n) is 7.26. The fourth-order valence-corrected chi connectivity index (χ4v) is 3.60. The lowest BCUT2D eigenvalue weighted by atomic mass is 9.69. The highest BCUT2D eigenvalue weighted by molar-refractivity contribution is 5.79. The molecule has 1 heterocycles. The van der Waals surface area contributed by atoms with Gasteiger partial charge in [-0.3, -0.25) is 4.79 Å². The van der Waals surface area contributed by atoms with Gasteiger partial charge < -0.3 is 10.1 Å². The lowest BCUT2D eigenvalue weighted by Crippen LogP contribution is -2.49. The molecule has 0 radical (unpaired) electrons. The van der Waals surface area contributed by atoms with Crippen LogP contribution in [0.1, 0.15) is 59.3 Å². The van der Waals surface area contributed by atoms with Gasteiger partial charge in [0, 0.05) is 25.2 Å². The Labute approximate surface area is 117 Å². The minimum atomic E-state index is 0.177. The standard InChI is InChI=1S/C16H29NO2/c1-16(2,3)13-6-4-5-7-14(13)17-15(18)12-8-10-19-11-9-12/h12-14H,4-11H2,1-3H3,(H,17,18). The van der Waals surface area contributed by atoms with Crippen LogP contribution in [0.2, 0.25) is 0 Å². The van der Waals surface area contributed by atoms with E-state index in [1.807, 2.05) is 0 Å². The smallest absolute Gasteiger partial charge is 0.223 e. The van der Waals surface area contributed by atoms with Gasteiger partial charge in [0.15, 0.2) is 0 Å². The van der Waals surface area contributed by atoms with E-state index in [-0.39, 0.29) is 17.2 Å². The zero-order valence-corrected chi connectivity index (χ0v) is 12.7. The van der Waals surface area contributed by atoms with E-state index in [1.54, 1.807) is 0 Å². The summed E-state index contributed by atoms with van der Waals surface area (Å²) in [6.45, 7) is 8.39. The van der Waals surface area contributed by atoms with Crippen LogP contribution in [-0.2, 0) is 9.53 Å². The zero-order chi connectivity index (χ0) is 13.9. The van der Waals surface area contributed by atoms with E-state index < -0.39 is 0 Å². The molecule has 110 valence electrons. The lowest BCUT2D eigenvalue weighted by Gasteiger charge is -2.41. The Morgan fingerprint density at radius 2 is 1.68 bits per heavy atom. The quantitative estimate of drug-likeness (QED) is 0.834. The zero-order valence-electron chi connectivity index (χ0n) is 12.7. The third kappa shape index (κ3) is 3.95. The van der Waals surface area contributed by atoms with E-state index in [2.05, 4.69) is 26.1 Å². The predicted octanol–water partition coefficient (Wildman–Crippen LogP) is 3.13. The molecule has 0 aromatic carbocycles. The van der Waals surface area contributed by atoms with Crippen LogP contribution in [0, 0.1) is 17.3 Å². The number of amides is 1. The van der Waals surface area contributed by atoms with E-state index in [0.29, 0.717) is 12.0 Å². The molecule has 1 saturated carbocycles. The molecule has 1 saturated heterocycles. The number of hydrogen-bond acceptors (Lipinski definition) is 2. The SMILES string of the molecule is CC(C)(C)C1CCCCC1NC(=O)C1CCOCC1. The summed E-state index contributed by atoms with van der Waals surface area (Å²) < 4.78 is 5.34. The normalized spacial score (nSPS) is 30.1. The first-order valence-electron chi connectivity index (χ1n) is 7.86. The first-order chi connectivity index (χ1) is 8.98. The topological polar surface area (TPSA) is 38.3 Å². The monoisotopic (exact) mass is 267 g/mol. The van der Waals surface area contributed by atoms with Gasteiger partial charge in [0.1, 0.15) is 0 Å². The molecule has 3 nitrogen and oxygen atoms in total. The molecule has 2 unspecified atom stereocenters. The van der Waals surface area contributed by atoms with Crippen molar-refractivity contribution in [3.63, 3.8) is 0 Å². The summed E-state index contributed by atoms with van der Waals surface area (Å²) >= 11 is 0. The molecule has 1 N–H and O–H groups in total. The minimum Gasteiger partial charge on any atom is -0.381 e. The van der Waals surface area contributed by atoms with E-state index in [1.165, 1.54) is 19.3 Å². The molecule has 2 aliphatic rings. The van der Waals surface area contributed by atoms with Gasteiger partial charge in [-0.15, -0.1) is 0 Å². The average Bonchev–Trinajstić information content (AvgIpc) is 2.39. The number of ether oxygens (including phenoxy) is 1. The van der Waals surface area contributed by atoms with E-state index in [4.69, 9.17) is 4.74 Å². The summed E-state index contributed by atoms with van der Waals surface area (Å²) in [5, 5.41) is 3.35. The van der Waals surface area contributed by atoms with Crippen LogP contribution >= 0.6 is 0 Å². The average molecular weight is 267 g/mol. The third-order valence-electron chi connectivity index (χ3n) is 4.80. The lowest BCUT2D eigenvalue weighted by molar-refractivity contribution is -0.129. The maximum atomic E-state index is 12.4. The number of carbonyl (C=O) groups is 1. The fourth-order valence-electron chi connectivity index (χ4n) is 3.60. The Balaban J connectivity index is 1.93. The van der Waals surface area contributed by atoms with Crippen LogP contribution in [0.3, 0.4) is 0 Å². The second-order valence-corrected chi connectivity index (χ2v) is 7.26. The van der Waals surface area contributed by atoms with Gasteiger partial charge in [0.2, 0.25) is 5.91 Å². The number of rotatable bonds is 2. The van der Waals surface area contributed by atoms with Crippen molar-refractivity contribution in [3.8, 4) is 0 Å². The minimum absolute atomic E-state index is 0.177. The predicted molar refractivity (Wildman–Crippen MR) is 76.9 cm³/mol. The van der Waals surface area contributed by atoms with Gasteiger partial charge in [-0.1, -0.05) is 33.6 Å². The second kappa shape index (κ2) is 6.25. The molecule has 2 fully saturated rings. The van der Waals surface area contributed by atoms with Gasteiger partial charge in [-0.25, -0.2) is 0 Å². The summed E-state index contributed by atoms with van der Waals surface area (Å²) in [4.78, 5) is 12.4. The van der Waals surface area contributed by atoms with Crippen molar-refractivity contribution in [3.05, 3.63) is 0 Å². The maximum absolute atomic E-state index is 12.4. The van der Waals surface area contributed by atoms with Crippen LogP contribution in [0.5, 0.6) is 0 Å². The Kier molecular flexibility index (Phi) is 4.88. The van der Waals surface area contributed by atoms with E-state index >= 15 is 0 Å². The van der Waals surface area contributed by atoms with Gasteiger partial charge >= 0.3 is 0 Å². The van der Waals surface area contributed by atoms with Crippen LogP contribution in [0.15, 0.2) is 0 Å². The molecule has 2 atom stereocenters. The number of hydrogen-bond donors (Lipinski definition) is 1. The molecule has 1 aliphatic carbocycles. The largest absolute Gasteiger partial charge is 0.381 e. The van der Waals surface area contributed by atoms with Gasteiger partial charge in [-0.2, -0.15) is 0 Å². The van der Waals surface area contributed by atoms with Crippen molar-refractivity contribution in [1.29, 1.82) is 0 Å². The van der Waals surface area contributed by atoms with Crippen molar-refractivity contribution in [1.82, 2.24) is 5.32 Å². The van der Waals surface area contributed by atoms with Crippen molar-refractivity contribution >= 4 is 5.91 Å². The number of nitrogens with one attached hydrogen (secondary N) is 1. The molecule has 0 spiro atoms. The number of carbonyl (C=O) groups excluding carboxylic acids is 1. The van der Waals surface area contributed by atoms with Crippen molar-refractivity contribution in [2.24, 2.45) is 17.3 Å². The molecule has 1 amide bonds. The molecule has 3 heteroatoms. The summed E-state index contributed by atoms with van der Waals surface area (Å²) in [5.74, 6) is 1.06. The maximum Gasteiger partial charge on any atom is 0.223 e. The molecule has 0 aromatic heterocycles. The summed E-state index contributed by atoms with van der Waals surface area (Å²) in [5.41, 5.74) is 0.286. The van der Waals surface area contributed by atoms with Crippen molar-refractivity contribution in [2.75, 3.05) is 13.2 Å². The van der Waals surface area contributed by atoms with Crippen molar-refractivity contribution < 1.29 is 9.53 Å². The highest BCUT2D eigenvalue weighted by Gasteiger charge is 2.36. The Bertz CT molecular complexity index is 302. The molecule has 0 aromatic rings. The molecule has 0 bridgehead atoms. The molecule has 2 rings (SSSR count). The summed E-state index contributed by atoms with van der Waals surface area (Å²) in [6, 6.07) is 0.379. The first kappa shape index (κ1) is 14.8. The molecule has 1 aliphatic heterocycles. The fraction of sp³-hybridized carbons (Fsp3) is 0.938. The summed E-state index contributed by atoms with van der Waals surface area (Å²) in [7, 11) is 0. The molecular formula is C16H29NO2. The van der Waals surface area contributed by atoms with Crippen LogP contribution in [-0.4, -0.2) is 25.2 Å². The van der Waals surface area contributed by atoms with Crippen LogP contribution in [0.4, 0.5) is 0 Å². The van der Waals surface area contributed by atoms with Crippen LogP contribution in [0.25, 0.3) is 0 Å². The molecule has 19 heavy (non-hydrogen) atoms. The van der Waals surface area contributed by atoms with Crippen LogP contribution < -0.4 is 5.32 Å². The van der Waals surface area contributed by atoms with Crippen molar-refractivity contribution in [2.45, 2.75) is 65.3 Å². The Hall–Kier alpha value is -0.570. The van der Waals surface area contributed by atoms with E-state index in [0.717, 1.165) is 32.5 Å². The highest BCUT2D eigenvalue weighted by atomic mass is 16.5. The van der Waals surface area contributed by atoms with Gasteiger partial charge in [0.25, 0.3) is 0 Å². The Morgan fingerprint density at radius 3 is 2.32 bits per heavy atom. The van der Waals surface area contributed by atoms with E-state index in [9.17, 15) is 4.79 Å². The first-order valence-corrected chi connectivity index (χ1v) is 7.86. The van der Waals surface area contributed by atoms with Gasteiger partial charge in [-0.05, 0) is 37.0 Å². The molecular weight excluding hydrogens is 238 g/mol. The third-order valence-corrected chi connectivity index (χ3v) is 4.80. The summed E-state index contributed by atoms with van der Waals surface area (Å²) in [6.07, 6.45) is 6.74. The van der Waals surface area contributed by atoms with Gasteiger partial charge in [0.05, 0.1) is 0 Å². The Morgan fingerprint density at radius 1 is 1.05 bits per heavy atom. The highest BCUT2D eigenvalue weighted by Crippen LogP contribution is 2.38.